The molecule has 0 atom stereocenters. The summed E-state index contributed by atoms with van der Waals surface area (Å²) in [6, 6.07) is 7.56. The van der Waals surface area contributed by atoms with Crippen molar-refractivity contribution in [1.82, 2.24) is 0 Å². The van der Waals surface area contributed by atoms with Crippen LogP contribution in [0.3, 0.4) is 0 Å². The Kier molecular flexibility index (Phi) is 4.60. The Morgan fingerprint density at radius 1 is 1.18 bits per heavy atom. The van der Waals surface area contributed by atoms with E-state index in [0.29, 0.717) is 25.4 Å². The van der Waals surface area contributed by atoms with Crippen LogP contribution in [0.1, 0.15) is 48.5 Å². The van der Waals surface area contributed by atoms with E-state index in [9.17, 15) is 4.79 Å². The van der Waals surface area contributed by atoms with Gasteiger partial charge < -0.3 is 14.2 Å². The predicted molar refractivity (Wildman–Crippen MR) is 83.5 cm³/mol. The highest BCUT2D eigenvalue weighted by Gasteiger charge is 2.38. The van der Waals surface area contributed by atoms with Gasteiger partial charge in [0.2, 0.25) is 0 Å². The van der Waals surface area contributed by atoms with E-state index in [4.69, 9.17) is 14.2 Å². The van der Waals surface area contributed by atoms with Gasteiger partial charge in [-0.1, -0.05) is 23.8 Å². The maximum atomic E-state index is 11.6. The molecule has 1 aromatic rings. The second-order valence-electron chi connectivity index (χ2n) is 5.75. The van der Waals surface area contributed by atoms with Crippen LogP contribution in [-0.4, -0.2) is 31.6 Å². The molecule has 1 saturated carbocycles. The Hall–Kier alpha value is -1.65. The van der Waals surface area contributed by atoms with E-state index in [2.05, 4.69) is 6.08 Å². The predicted octanol–water partition coefficient (Wildman–Crippen LogP) is 3.56. The summed E-state index contributed by atoms with van der Waals surface area (Å²) in [5.41, 5.74) is 3.13. The van der Waals surface area contributed by atoms with Gasteiger partial charge in [0, 0.05) is 12.8 Å². The Bertz CT molecular complexity index is 541. The summed E-state index contributed by atoms with van der Waals surface area (Å²) in [5, 5.41) is 0. The monoisotopic (exact) mass is 302 g/mol. The highest BCUT2D eigenvalue weighted by Crippen LogP contribution is 2.38. The van der Waals surface area contributed by atoms with Gasteiger partial charge in [-0.15, -0.1) is 0 Å². The van der Waals surface area contributed by atoms with Gasteiger partial charge in [-0.25, -0.2) is 4.79 Å². The van der Waals surface area contributed by atoms with Gasteiger partial charge in [0.25, 0.3) is 0 Å². The quantitative estimate of drug-likeness (QED) is 0.801. The molecular weight excluding hydrogens is 280 g/mol. The molecule has 0 bridgehead atoms. The second-order valence-corrected chi connectivity index (χ2v) is 5.75. The van der Waals surface area contributed by atoms with Gasteiger partial charge in [0.15, 0.2) is 5.79 Å². The van der Waals surface area contributed by atoms with E-state index in [1.807, 2.05) is 31.2 Å². The van der Waals surface area contributed by atoms with E-state index in [-0.39, 0.29) is 11.8 Å². The van der Waals surface area contributed by atoms with E-state index < -0.39 is 0 Å². The molecule has 0 radical (unpaired) electrons. The van der Waals surface area contributed by atoms with Gasteiger partial charge >= 0.3 is 5.97 Å². The van der Waals surface area contributed by atoms with Gasteiger partial charge in [-0.05, 0) is 37.5 Å². The normalized spacial score (nSPS) is 20.1. The second kappa shape index (κ2) is 6.63. The molecular formula is C18H22O4. The van der Waals surface area contributed by atoms with Crippen molar-refractivity contribution >= 4 is 12.0 Å². The topological polar surface area (TPSA) is 44.8 Å². The molecule has 0 amide bonds. The summed E-state index contributed by atoms with van der Waals surface area (Å²) in [7, 11) is 0. The zero-order valence-corrected chi connectivity index (χ0v) is 13.0. The molecule has 118 valence electrons. The van der Waals surface area contributed by atoms with Crippen LogP contribution in [0.4, 0.5) is 0 Å². The SMILES string of the molecule is CCOC(=O)c1ccc(C=C2CCC3(CC2)OCCO3)cc1. The third-order valence-electron chi connectivity index (χ3n) is 4.26. The lowest BCUT2D eigenvalue weighted by Crippen LogP contribution is -2.33. The van der Waals surface area contributed by atoms with Crippen LogP contribution in [0.15, 0.2) is 29.8 Å². The van der Waals surface area contributed by atoms with Crippen LogP contribution in [-0.2, 0) is 14.2 Å². The summed E-state index contributed by atoms with van der Waals surface area (Å²) >= 11 is 0. The number of carbonyl (C=O) groups excluding carboxylic acids is 1. The summed E-state index contributed by atoms with van der Waals surface area (Å²) in [4.78, 5) is 11.6. The third kappa shape index (κ3) is 3.39. The number of allylic oxidation sites excluding steroid dienone is 1. The fourth-order valence-electron chi connectivity index (χ4n) is 3.05. The van der Waals surface area contributed by atoms with Crippen molar-refractivity contribution in [3.63, 3.8) is 0 Å². The molecule has 22 heavy (non-hydrogen) atoms. The lowest BCUT2D eigenvalue weighted by molar-refractivity contribution is -0.171. The van der Waals surface area contributed by atoms with Crippen molar-refractivity contribution in [3.05, 3.63) is 41.0 Å². The first kappa shape index (κ1) is 15.3. The highest BCUT2D eigenvalue weighted by atomic mass is 16.7. The maximum absolute atomic E-state index is 11.6. The Labute approximate surface area is 131 Å². The lowest BCUT2D eigenvalue weighted by atomic mass is 9.88. The molecule has 4 heteroatoms. The Balaban J connectivity index is 1.62. The first-order valence-electron chi connectivity index (χ1n) is 7.95. The minimum absolute atomic E-state index is 0.267. The number of ether oxygens (including phenoxy) is 3. The summed E-state index contributed by atoms with van der Waals surface area (Å²) in [6.07, 6.45) is 6.06. The Morgan fingerprint density at radius 2 is 1.82 bits per heavy atom. The third-order valence-corrected chi connectivity index (χ3v) is 4.26. The fraction of sp³-hybridized carbons (Fsp3) is 0.500. The summed E-state index contributed by atoms with van der Waals surface area (Å²) < 4.78 is 16.5. The molecule has 2 fully saturated rings. The molecule has 1 saturated heterocycles. The molecule has 1 aliphatic carbocycles. The molecule has 0 unspecified atom stereocenters. The number of hydrogen-bond donors (Lipinski definition) is 0. The first-order chi connectivity index (χ1) is 10.7. The van der Waals surface area contributed by atoms with Crippen LogP contribution in [0.2, 0.25) is 0 Å². The number of esters is 1. The van der Waals surface area contributed by atoms with Crippen molar-refractivity contribution in [2.75, 3.05) is 19.8 Å². The molecule has 2 aliphatic rings. The van der Waals surface area contributed by atoms with Gasteiger partial charge in [-0.3, -0.25) is 0 Å². The summed E-state index contributed by atoms with van der Waals surface area (Å²) in [5.74, 6) is -0.581. The van der Waals surface area contributed by atoms with Crippen molar-refractivity contribution in [2.24, 2.45) is 0 Å². The van der Waals surface area contributed by atoms with Crippen LogP contribution in [0, 0.1) is 0 Å². The average Bonchev–Trinajstić information content (AvgIpc) is 2.99. The van der Waals surface area contributed by atoms with Crippen LogP contribution in [0.25, 0.3) is 6.08 Å². The van der Waals surface area contributed by atoms with Gasteiger partial charge in [0.1, 0.15) is 0 Å². The van der Waals surface area contributed by atoms with Crippen molar-refractivity contribution < 1.29 is 19.0 Å². The minimum atomic E-state index is -0.314. The van der Waals surface area contributed by atoms with Gasteiger partial charge in [0.05, 0.1) is 25.4 Å². The van der Waals surface area contributed by atoms with Gasteiger partial charge in [-0.2, -0.15) is 0 Å². The highest BCUT2D eigenvalue weighted by molar-refractivity contribution is 5.89. The number of benzene rings is 1. The largest absolute Gasteiger partial charge is 0.462 e. The lowest BCUT2D eigenvalue weighted by Gasteiger charge is -2.32. The average molecular weight is 302 g/mol. The van der Waals surface area contributed by atoms with Crippen LogP contribution < -0.4 is 0 Å². The van der Waals surface area contributed by atoms with Crippen molar-refractivity contribution in [1.29, 1.82) is 0 Å². The van der Waals surface area contributed by atoms with E-state index in [1.165, 1.54) is 5.57 Å². The standard InChI is InChI=1S/C18H22O4/c1-2-20-17(19)16-5-3-14(4-6-16)13-15-7-9-18(10-8-15)21-11-12-22-18/h3-6,13H,2,7-12H2,1H3. The molecule has 1 aromatic carbocycles. The first-order valence-corrected chi connectivity index (χ1v) is 7.95. The van der Waals surface area contributed by atoms with Crippen LogP contribution in [0.5, 0.6) is 0 Å². The molecule has 0 N–H and O–H groups in total. The summed E-state index contributed by atoms with van der Waals surface area (Å²) in [6.45, 7) is 3.64. The molecule has 1 spiro atoms. The maximum Gasteiger partial charge on any atom is 0.338 e. The Morgan fingerprint density at radius 3 is 2.41 bits per heavy atom. The van der Waals surface area contributed by atoms with E-state index in [0.717, 1.165) is 31.2 Å². The number of hydrogen-bond acceptors (Lipinski definition) is 4. The molecule has 0 aromatic heterocycles. The zero-order valence-electron chi connectivity index (χ0n) is 13.0. The molecule has 4 nitrogen and oxygen atoms in total. The van der Waals surface area contributed by atoms with E-state index >= 15 is 0 Å². The zero-order chi connectivity index (χ0) is 15.4. The number of rotatable bonds is 3. The number of carbonyl (C=O) groups is 1. The van der Waals surface area contributed by atoms with Crippen molar-refractivity contribution in [2.45, 2.75) is 38.4 Å². The van der Waals surface area contributed by atoms with Crippen LogP contribution >= 0.6 is 0 Å². The minimum Gasteiger partial charge on any atom is -0.462 e. The molecule has 1 aliphatic heterocycles. The molecule has 3 rings (SSSR count). The van der Waals surface area contributed by atoms with E-state index in [1.54, 1.807) is 0 Å². The molecule has 1 heterocycles. The smallest absolute Gasteiger partial charge is 0.338 e. The van der Waals surface area contributed by atoms with Crippen molar-refractivity contribution in [3.8, 4) is 0 Å². The fourth-order valence-corrected chi connectivity index (χ4v) is 3.05.